The average molecular weight is 236 g/mol. The molecule has 4 heteroatoms. The number of carbonyl (C=O) groups excluding carboxylic acids is 1. The van der Waals surface area contributed by atoms with Crippen LogP contribution in [-0.4, -0.2) is 24.2 Å². The Morgan fingerprint density at radius 3 is 2.29 bits per heavy atom. The molecule has 0 fully saturated rings. The van der Waals surface area contributed by atoms with Crippen molar-refractivity contribution in [2.24, 2.45) is 0 Å². The SMILES string of the molecule is CC[C@@H](CC(=O)O)c1ccc(C(=O)OC)cc1. The molecule has 0 amide bonds. The molecule has 92 valence electrons. The Labute approximate surface area is 100 Å². The summed E-state index contributed by atoms with van der Waals surface area (Å²) in [7, 11) is 1.33. The Balaban J connectivity index is 2.84. The highest BCUT2D eigenvalue weighted by Gasteiger charge is 2.14. The van der Waals surface area contributed by atoms with Gasteiger partial charge in [-0.2, -0.15) is 0 Å². The van der Waals surface area contributed by atoms with Crippen LogP contribution in [0, 0.1) is 0 Å². The smallest absolute Gasteiger partial charge is 0.337 e. The lowest BCUT2D eigenvalue weighted by atomic mass is 9.92. The number of carboxylic acid groups (broad SMARTS) is 1. The average Bonchev–Trinajstić information content (AvgIpc) is 2.35. The quantitative estimate of drug-likeness (QED) is 0.797. The number of hydrogen-bond acceptors (Lipinski definition) is 3. The second kappa shape index (κ2) is 6.03. The van der Waals surface area contributed by atoms with Gasteiger partial charge in [0, 0.05) is 0 Å². The summed E-state index contributed by atoms with van der Waals surface area (Å²) >= 11 is 0. The maximum absolute atomic E-state index is 11.2. The standard InChI is InChI=1S/C13H16O4/c1-3-9(8-12(14)15)10-4-6-11(7-5-10)13(16)17-2/h4-7,9H,3,8H2,1-2H3,(H,14,15)/t9-/m0/s1. The number of methoxy groups -OCH3 is 1. The van der Waals surface area contributed by atoms with E-state index in [9.17, 15) is 9.59 Å². The lowest BCUT2D eigenvalue weighted by Crippen LogP contribution is -2.06. The largest absolute Gasteiger partial charge is 0.481 e. The minimum absolute atomic E-state index is 0.0146. The van der Waals surface area contributed by atoms with E-state index in [0.29, 0.717) is 5.56 Å². The third-order valence-corrected chi connectivity index (χ3v) is 2.72. The van der Waals surface area contributed by atoms with Gasteiger partial charge in [-0.25, -0.2) is 4.79 Å². The van der Waals surface area contributed by atoms with Crippen molar-refractivity contribution < 1.29 is 19.4 Å². The monoisotopic (exact) mass is 236 g/mol. The van der Waals surface area contributed by atoms with E-state index in [1.165, 1.54) is 7.11 Å². The molecular weight excluding hydrogens is 220 g/mol. The van der Waals surface area contributed by atoms with Crippen LogP contribution >= 0.6 is 0 Å². The third kappa shape index (κ3) is 3.59. The minimum atomic E-state index is -0.811. The topological polar surface area (TPSA) is 63.6 Å². The van der Waals surface area contributed by atoms with E-state index >= 15 is 0 Å². The molecule has 1 N–H and O–H groups in total. The summed E-state index contributed by atoms with van der Waals surface area (Å²) in [5, 5.41) is 8.78. The summed E-state index contributed by atoms with van der Waals surface area (Å²) < 4.78 is 4.59. The fraction of sp³-hybridized carbons (Fsp3) is 0.385. The maximum Gasteiger partial charge on any atom is 0.337 e. The first kappa shape index (κ1) is 13.2. The zero-order valence-corrected chi connectivity index (χ0v) is 9.97. The van der Waals surface area contributed by atoms with E-state index in [-0.39, 0.29) is 18.3 Å². The molecule has 17 heavy (non-hydrogen) atoms. The zero-order chi connectivity index (χ0) is 12.8. The summed E-state index contributed by atoms with van der Waals surface area (Å²) in [6.45, 7) is 1.95. The lowest BCUT2D eigenvalue weighted by Gasteiger charge is -2.12. The molecule has 0 spiro atoms. The molecular formula is C13H16O4. The van der Waals surface area contributed by atoms with Crippen molar-refractivity contribution in [1.29, 1.82) is 0 Å². The number of ether oxygens (including phenoxy) is 1. The first-order chi connectivity index (χ1) is 8.08. The van der Waals surface area contributed by atoms with Crippen LogP contribution in [0.1, 0.15) is 41.6 Å². The fourth-order valence-corrected chi connectivity index (χ4v) is 1.72. The lowest BCUT2D eigenvalue weighted by molar-refractivity contribution is -0.137. The van der Waals surface area contributed by atoms with Crippen LogP contribution in [0.15, 0.2) is 24.3 Å². The molecule has 1 rings (SSSR count). The number of rotatable bonds is 5. The van der Waals surface area contributed by atoms with Gasteiger partial charge in [-0.15, -0.1) is 0 Å². The van der Waals surface area contributed by atoms with Crippen LogP contribution < -0.4 is 0 Å². The number of carboxylic acids is 1. The molecule has 1 aromatic rings. The number of aliphatic carboxylic acids is 1. The van der Waals surface area contributed by atoms with E-state index in [2.05, 4.69) is 4.74 Å². The van der Waals surface area contributed by atoms with Gasteiger partial charge in [0.15, 0.2) is 0 Å². The summed E-state index contributed by atoms with van der Waals surface area (Å²) in [4.78, 5) is 21.9. The molecule has 0 heterocycles. The van der Waals surface area contributed by atoms with Crippen molar-refractivity contribution >= 4 is 11.9 Å². The first-order valence-electron chi connectivity index (χ1n) is 5.48. The van der Waals surface area contributed by atoms with E-state index in [4.69, 9.17) is 5.11 Å². The van der Waals surface area contributed by atoms with Crippen LogP contribution in [-0.2, 0) is 9.53 Å². The van der Waals surface area contributed by atoms with Gasteiger partial charge in [0.05, 0.1) is 19.1 Å². The Morgan fingerprint density at radius 1 is 1.29 bits per heavy atom. The Morgan fingerprint density at radius 2 is 1.88 bits per heavy atom. The van der Waals surface area contributed by atoms with Crippen molar-refractivity contribution in [2.45, 2.75) is 25.7 Å². The zero-order valence-electron chi connectivity index (χ0n) is 9.97. The highest BCUT2D eigenvalue weighted by molar-refractivity contribution is 5.89. The second-order valence-corrected chi connectivity index (χ2v) is 3.82. The molecule has 1 atom stereocenters. The normalized spacial score (nSPS) is 11.9. The molecule has 0 aromatic heterocycles. The predicted molar refractivity (Wildman–Crippen MR) is 63.1 cm³/mol. The maximum atomic E-state index is 11.2. The summed E-state index contributed by atoms with van der Waals surface area (Å²) in [6.07, 6.45) is 0.859. The van der Waals surface area contributed by atoms with Gasteiger partial charge in [-0.3, -0.25) is 4.79 Å². The molecule has 1 aromatic carbocycles. The fourth-order valence-electron chi connectivity index (χ4n) is 1.72. The van der Waals surface area contributed by atoms with Crippen molar-refractivity contribution in [2.75, 3.05) is 7.11 Å². The molecule has 0 saturated heterocycles. The van der Waals surface area contributed by atoms with E-state index in [0.717, 1.165) is 12.0 Å². The van der Waals surface area contributed by atoms with Gasteiger partial charge in [-0.05, 0) is 30.0 Å². The number of esters is 1. The molecule has 0 unspecified atom stereocenters. The Hall–Kier alpha value is -1.84. The van der Waals surface area contributed by atoms with Crippen molar-refractivity contribution in [3.05, 3.63) is 35.4 Å². The van der Waals surface area contributed by atoms with Crippen LogP contribution in [0.2, 0.25) is 0 Å². The molecule has 0 aliphatic rings. The van der Waals surface area contributed by atoms with E-state index in [1.54, 1.807) is 24.3 Å². The summed E-state index contributed by atoms with van der Waals surface area (Å²) in [5.74, 6) is -1.21. The molecule has 0 radical (unpaired) electrons. The van der Waals surface area contributed by atoms with Crippen molar-refractivity contribution in [3.8, 4) is 0 Å². The summed E-state index contributed by atoms with van der Waals surface area (Å²) in [5.41, 5.74) is 1.41. The van der Waals surface area contributed by atoms with Gasteiger partial charge < -0.3 is 9.84 Å². The summed E-state index contributed by atoms with van der Waals surface area (Å²) in [6, 6.07) is 6.88. The van der Waals surface area contributed by atoms with Crippen LogP contribution in [0.3, 0.4) is 0 Å². The van der Waals surface area contributed by atoms with Gasteiger partial charge in [-0.1, -0.05) is 19.1 Å². The van der Waals surface area contributed by atoms with Gasteiger partial charge in [0.25, 0.3) is 0 Å². The van der Waals surface area contributed by atoms with E-state index in [1.807, 2.05) is 6.92 Å². The highest BCUT2D eigenvalue weighted by atomic mass is 16.5. The van der Waals surface area contributed by atoms with Gasteiger partial charge in [0.1, 0.15) is 0 Å². The minimum Gasteiger partial charge on any atom is -0.481 e. The molecule has 0 aliphatic heterocycles. The molecule has 4 nitrogen and oxygen atoms in total. The van der Waals surface area contributed by atoms with E-state index < -0.39 is 5.97 Å². The van der Waals surface area contributed by atoms with Crippen LogP contribution in [0.4, 0.5) is 0 Å². The predicted octanol–water partition coefficient (Wildman–Crippen LogP) is 2.44. The van der Waals surface area contributed by atoms with Crippen molar-refractivity contribution in [1.82, 2.24) is 0 Å². The first-order valence-corrected chi connectivity index (χ1v) is 5.48. The van der Waals surface area contributed by atoms with Crippen LogP contribution in [0.25, 0.3) is 0 Å². The number of benzene rings is 1. The highest BCUT2D eigenvalue weighted by Crippen LogP contribution is 2.23. The molecule has 0 saturated carbocycles. The number of carbonyl (C=O) groups is 2. The van der Waals surface area contributed by atoms with Gasteiger partial charge >= 0.3 is 11.9 Å². The van der Waals surface area contributed by atoms with Crippen LogP contribution in [0.5, 0.6) is 0 Å². The molecule has 0 aliphatic carbocycles. The van der Waals surface area contributed by atoms with Crippen molar-refractivity contribution in [3.63, 3.8) is 0 Å². The van der Waals surface area contributed by atoms with Gasteiger partial charge in [0.2, 0.25) is 0 Å². The second-order valence-electron chi connectivity index (χ2n) is 3.82. The molecule has 0 bridgehead atoms. The Kier molecular flexibility index (Phi) is 4.69. The number of hydrogen-bond donors (Lipinski definition) is 1. The third-order valence-electron chi connectivity index (χ3n) is 2.72. The Bertz CT molecular complexity index is 394.